The van der Waals surface area contributed by atoms with Crippen molar-refractivity contribution in [2.45, 2.75) is 50.5 Å². The smallest absolute Gasteiger partial charge is 0.308 e. The van der Waals surface area contributed by atoms with Gasteiger partial charge in [0, 0.05) is 17.1 Å². The summed E-state index contributed by atoms with van der Waals surface area (Å²) in [5.74, 6) is -1.13. The lowest BCUT2D eigenvalue weighted by Gasteiger charge is -2.35. The number of amides is 1. The molecule has 1 heterocycles. The first-order chi connectivity index (χ1) is 11.0. The number of likely N-dealkylation sites (tertiary alicyclic amines) is 1. The van der Waals surface area contributed by atoms with Crippen LogP contribution in [-0.2, 0) is 15.0 Å². The zero-order chi connectivity index (χ0) is 16.6. The highest BCUT2D eigenvalue weighted by Gasteiger charge is 2.49. The highest BCUT2D eigenvalue weighted by molar-refractivity contribution is 9.10. The fraction of sp³-hybridized carbons (Fsp3) is 0.556. The second kappa shape index (κ2) is 6.27. The molecule has 1 saturated carbocycles. The molecule has 23 heavy (non-hydrogen) atoms. The van der Waals surface area contributed by atoms with Gasteiger partial charge < -0.3 is 10.0 Å². The van der Waals surface area contributed by atoms with Gasteiger partial charge in [0.1, 0.15) is 0 Å². The number of nitrogens with zero attached hydrogens (tertiary/aromatic N) is 1. The molecule has 2 unspecified atom stereocenters. The van der Waals surface area contributed by atoms with Gasteiger partial charge in [-0.25, -0.2) is 0 Å². The zero-order valence-electron chi connectivity index (χ0n) is 13.3. The topological polar surface area (TPSA) is 57.6 Å². The van der Waals surface area contributed by atoms with Gasteiger partial charge in [-0.15, -0.1) is 0 Å². The van der Waals surface area contributed by atoms with Crippen LogP contribution in [-0.4, -0.2) is 34.5 Å². The van der Waals surface area contributed by atoms with Crippen LogP contribution in [0.25, 0.3) is 0 Å². The van der Waals surface area contributed by atoms with Gasteiger partial charge in [0.15, 0.2) is 0 Å². The van der Waals surface area contributed by atoms with Gasteiger partial charge in [0.2, 0.25) is 5.91 Å². The maximum atomic E-state index is 13.4. The van der Waals surface area contributed by atoms with E-state index in [1.54, 1.807) is 0 Å². The molecule has 4 nitrogen and oxygen atoms in total. The minimum atomic E-state index is -0.796. The number of benzene rings is 1. The molecule has 0 aromatic heterocycles. The van der Waals surface area contributed by atoms with Gasteiger partial charge in [0.25, 0.3) is 0 Å². The van der Waals surface area contributed by atoms with Crippen LogP contribution in [0.5, 0.6) is 0 Å². The van der Waals surface area contributed by atoms with E-state index in [9.17, 15) is 14.7 Å². The highest BCUT2D eigenvalue weighted by Crippen LogP contribution is 2.44. The minimum Gasteiger partial charge on any atom is -0.481 e. The number of hydrogen-bond acceptors (Lipinski definition) is 2. The summed E-state index contributed by atoms with van der Waals surface area (Å²) >= 11 is 3.50. The molecule has 1 saturated heterocycles. The molecule has 0 bridgehead atoms. The average molecular weight is 380 g/mol. The fourth-order valence-electron chi connectivity index (χ4n) is 4.22. The van der Waals surface area contributed by atoms with Crippen LogP contribution >= 0.6 is 15.9 Å². The molecule has 1 aromatic rings. The number of carboxylic acids is 1. The molecule has 2 aliphatic rings. The molecule has 1 aliphatic heterocycles. The summed E-state index contributed by atoms with van der Waals surface area (Å²) in [4.78, 5) is 26.5. The van der Waals surface area contributed by atoms with E-state index in [0.29, 0.717) is 13.0 Å². The third kappa shape index (κ3) is 2.80. The van der Waals surface area contributed by atoms with Crippen LogP contribution in [0.4, 0.5) is 0 Å². The minimum absolute atomic E-state index is 0.115. The van der Waals surface area contributed by atoms with Gasteiger partial charge in [-0.1, -0.05) is 40.9 Å². The van der Waals surface area contributed by atoms with Gasteiger partial charge in [-0.2, -0.15) is 0 Å². The molecule has 0 radical (unpaired) electrons. The van der Waals surface area contributed by atoms with Gasteiger partial charge in [-0.05, 0) is 43.9 Å². The summed E-state index contributed by atoms with van der Waals surface area (Å²) in [6.45, 7) is 2.42. The van der Waals surface area contributed by atoms with Crippen LogP contribution in [0.2, 0.25) is 0 Å². The number of halogens is 1. The maximum absolute atomic E-state index is 13.4. The number of aliphatic carboxylic acids is 1. The van der Waals surface area contributed by atoms with Crippen molar-refractivity contribution in [3.8, 4) is 0 Å². The monoisotopic (exact) mass is 379 g/mol. The Kier molecular flexibility index (Phi) is 4.50. The molecule has 1 amide bonds. The lowest BCUT2D eigenvalue weighted by Crippen LogP contribution is -2.48. The van der Waals surface area contributed by atoms with E-state index in [2.05, 4.69) is 15.9 Å². The predicted octanol–water partition coefficient (Wildman–Crippen LogP) is 3.58. The first-order valence-electron chi connectivity index (χ1n) is 8.25. The van der Waals surface area contributed by atoms with Crippen molar-refractivity contribution < 1.29 is 14.7 Å². The molecule has 1 aliphatic carbocycles. The van der Waals surface area contributed by atoms with Crippen molar-refractivity contribution in [3.63, 3.8) is 0 Å². The third-order valence-electron chi connectivity index (χ3n) is 5.58. The van der Waals surface area contributed by atoms with E-state index in [4.69, 9.17) is 0 Å². The van der Waals surface area contributed by atoms with Crippen molar-refractivity contribution in [2.24, 2.45) is 5.92 Å². The van der Waals surface area contributed by atoms with E-state index in [1.165, 1.54) is 0 Å². The van der Waals surface area contributed by atoms with E-state index in [0.717, 1.165) is 35.7 Å². The normalized spacial score (nSPS) is 26.4. The van der Waals surface area contributed by atoms with E-state index < -0.39 is 17.3 Å². The summed E-state index contributed by atoms with van der Waals surface area (Å²) in [6, 6.07) is 7.78. The van der Waals surface area contributed by atoms with Crippen molar-refractivity contribution in [3.05, 3.63) is 34.3 Å². The molecule has 2 fully saturated rings. The lowest BCUT2D eigenvalue weighted by atomic mass is 9.77. The number of hydrogen-bond donors (Lipinski definition) is 1. The highest BCUT2D eigenvalue weighted by atomic mass is 79.9. The largest absolute Gasteiger partial charge is 0.481 e. The lowest BCUT2D eigenvalue weighted by molar-refractivity contribution is -0.144. The van der Waals surface area contributed by atoms with Crippen molar-refractivity contribution in [2.75, 3.05) is 6.54 Å². The number of rotatable bonds is 3. The quantitative estimate of drug-likeness (QED) is 0.872. The van der Waals surface area contributed by atoms with Crippen molar-refractivity contribution >= 4 is 27.8 Å². The molecule has 5 heteroatoms. The Morgan fingerprint density at radius 3 is 2.57 bits per heavy atom. The molecular weight excluding hydrogens is 358 g/mol. The zero-order valence-corrected chi connectivity index (χ0v) is 14.9. The third-order valence-corrected chi connectivity index (χ3v) is 6.07. The molecule has 1 N–H and O–H groups in total. The van der Waals surface area contributed by atoms with Gasteiger partial charge in [-0.3, -0.25) is 9.59 Å². The number of carbonyl (C=O) groups is 2. The second-order valence-electron chi connectivity index (χ2n) is 6.77. The van der Waals surface area contributed by atoms with Crippen LogP contribution in [0.15, 0.2) is 28.7 Å². The second-order valence-corrected chi connectivity index (χ2v) is 7.69. The van der Waals surface area contributed by atoms with Crippen LogP contribution in [0.1, 0.15) is 44.6 Å². The number of carbonyl (C=O) groups excluding carboxylic acids is 1. The molecule has 2 atom stereocenters. The SMILES string of the molecule is CC1C(C(=O)O)CCN1C(=O)C1(c2cccc(Br)c2)CCCC1. The van der Waals surface area contributed by atoms with Gasteiger partial charge in [0.05, 0.1) is 11.3 Å². The Bertz CT molecular complexity index is 624. The van der Waals surface area contributed by atoms with Crippen molar-refractivity contribution in [1.29, 1.82) is 0 Å². The Balaban J connectivity index is 1.93. The first kappa shape index (κ1) is 16.5. The summed E-state index contributed by atoms with van der Waals surface area (Å²) in [5.41, 5.74) is 0.575. The summed E-state index contributed by atoms with van der Waals surface area (Å²) in [7, 11) is 0. The summed E-state index contributed by atoms with van der Waals surface area (Å²) in [5, 5.41) is 9.32. The van der Waals surface area contributed by atoms with Crippen LogP contribution < -0.4 is 0 Å². The maximum Gasteiger partial charge on any atom is 0.308 e. The molecule has 124 valence electrons. The molecular formula is C18H22BrNO3. The Morgan fingerprint density at radius 1 is 1.30 bits per heavy atom. The van der Waals surface area contributed by atoms with Crippen molar-refractivity contribution in [1.82, 2.24) is 4.90 Å². The van der Waals surface area contributed by atoms with Crippen LogP contribution in [0.3, 0.4) is 0 Å². The summed E-state index contributed by atoms with van der Waals surface area (Å²) in [6.07, 6.45) is 4.34. The standard InChI is InChI=1S/C18H22BrNO3/c1-12-15(16(21)22)7-10-20(12)17(23)18(8-2-3-9-18)13-5-4-6-14(19)11-13/h4-6,11-12,15H,2-3,7-10H2,1H3,(H,21,22). The Hall–Kier alpha value is -1.36. The molecule has 3 rings (SSSR count). The van der Waals surface area contributed by atoms with Crippen LogP contribution in [0, 0.1) is 5.92 Å². The fourth-order valence-corrected chi connectivity index (χ4v) is 4.62. The Morgan fingerprint density at radius 2 is 2.00 bits per heavy atom. The van der Waals surface area contributed by atoms with E-state index >= 15 is 0 Å². The Labute approximate surface area is 145 Å². The predicted molar refractivity (Wildman–Crippen MR) is 91.2 cm³/mol. The van der Waals surface area contributed by atoms with Gasteiger partial charge >= 0.3 is 5.97 Å². The number of carboxylic acid groups (broad SMARTS) is 1. The van der Waals surface area contributed by atoms with E-state index in [1.807, 2.05) is 36.1 Å². The average Bonchev–Trinajstić information content (AvgIpc) is 3.14. The molecule has 0 spiro atoms. The summed E-state index contributed by atoms with van der Waals surface area (Å²) < 4.78 is 0.979. The van der Waals surface area contributed by atoms with E-state index in [-0.39, 0.29) is 11.9 Å². The molecule has 1 aromatic carbocycles. The first-order valence-corrected chi connectivity index (χ1v) is 9.05.